The average Bonchev–Trinajstić information content (AvgIpc) is 2.25. The summed E-state index contributed by atoms with van der Waals surface area (Å²) in [5, 5.41) is 0.739. The first-order valence-corrected chi connectivity index (χ1v) is 6.48. The highest BCUT2D eigenvalue weighted by atomic mass is 32.1. The molecular formula is C13H24OS. The Morgan fingerprint density at radius 2 is 1.73 bits per heavy atom. The summed E-state index contributed by atoms with van der Waals surface area (Å²) in [6.45, 7) is 6.38. The molecular weight excluding hydrogens is 204 g/mol. The van der Waals surface area contributed by atoms with E-state index in [0.717, 1.165) is 11.5 Å². The highest BCUT2D eigenvalue weighted by Crippen LogP contribution is 2.09. The summed E-state index contributed by atoms with van der Waals surface area (Å²) in [6.07, 6.45) is 11.9. The molecule has 0 atom stereocenters. The van der Waals surface area contributed by atoms with E-state index in [1.165, 1.54) is 44.9 Å². The summed E-state index contributed by atoms with van der Waals surface area (Å²) in [5.41, 5.74) is 0. The number of thiocarbonyl (C=S) groups is 1. The highest BCUT2D eigenvalue weighted by molar-refractivity contribution is 7.80. The van der Waals surface area contributed by atoms with Crippen molar-refractivity contribution >= 4 is 17.3 Å². The molecule has 0 spiro atoms. The first-order chi connectivity index (χ1) is 7.31. The Labute approximate surface area is 99.9 Å². The number of ether oxygens (including phenoxy) is 1. The maximum atomic E-state index is 5.25. The van der Waals surface area contributed by atoms with Gasteiger partial charge >= 0.3 is 0 Å². The van der Waals surface area contributed by atoms with Crippen molar-refractivity contribution in [2.45, 2.75) is 58.3 Å². The lowest BCUT2D eigenvalue weighted by atomic mass is 10.1. The Bertz CT molecular complexity index is 166. The summed E-state index contributed by atoms with van der Waals surface area (Å²) >= 11 is 5.07. The van der Waals surface area contributed by atoms with Crippen LogP contribution in [0.15, 0.2) is 12.7 Å². The van der Waals surface area contributed by atoms with Gasteiger partial charge in [-0.3, -0.25) is 0 Å². The van der Waals surface area contributed by atoms with Crippen molar-refractivity contribution in [1.29, 1.82) is 0 Å². The molecule has 0 aromatic carbocycles. The van der Waals surface area contributed by atoms with Gasteiger partial charge < -0.3 is 4.74 Å². The molecule has 0 aromatic heterocycles. The molecule has 0 heterocycles. The Balaban J connectivity index is 3.09. The third-order valence-electron chi connectivity index (χ3n) is 2.35. The Morgan fingerprint density at radius 3 is 2.33 bits per heavy atom. The van der Waals surface area contributed by atoms with Gasteiger partial charge in [0.15, 0.2) is 5.05 Å². The van der Waals surface area contributed by atoms with E-state index in [1.54, 1.807) is 6.08 Å². The minimum absolute atomic E-state index is 0.551. The molecule has 0 bridgehead atoms. The Hall–Kier alpha value is -0.370. The van der Waals surface area contributed by atoms with Crippen LogP contribution in [0.5, 0.6) is 0 Å². The minimum Gasteiger partial charge on any atom is -0.483 e. The second-order valence-corrected chi connectivity index (χ2v) is 4.30. The van der Waals surface area contributed by atoms with Crippen molar-refractivity contribution in [2.24, 2.45) is 0 Å². The van der Waals surface area contributed by atoms with Crippen LogP contribution in [0.4, 0.5) is 0 Å². The first kappa shape index (κ1) is 14.6. The summed E-state index contributed by atoms with van der Waals surface area (Å²) in [6, 6.07) is 0. The number of unbranched alkanes of at least 4 members (excludes halogenated alkanes) is 6. The van der Waals surface area contributed by atoms with E-state index in [2.05, 4.69) is 13.5 Å². The fourth-order valence-electron chi connectivity index (χ4n) is 1.45. The van der Waals surface area contributed by atoms with Gasteiger partial charge in [-0.1, -0.05) is 58.1 Å². The van der Waals surface area contributed by atoms with Gasteiger partial charge in [0.2, 0.25) is 0 Å². The van der Waals surface area contributed by atoms with Crippen LogP contribution in [0, 0.1) is 0 Å². The van der Waals surface area contributed by atoms with Crippen LogP contribution in [0.3, 0.4) is 0 Å². The molecule has 88 valence electrons. The number of hydrogen-bond acceptors (Lipinski definition) is 2. The first-order valence-electron chi connectivity index (χ1n) is 6.07. The minimum atomic E-state index is 0.551. The standard InChI is InChI=1S/C13H24OS/c1-3-5-6-7-8-9-10-11-13(15)14-12-4-2/h4H,2-3,5-12H2,1H3. The van der Waals surface area contributed by atoms with Crippen molar-refractivity contribution in [3.8, 4) is 0 Å². The maximum Gasteiger partial charge on any atom is 0.160 e. The smallest absolute Gasteiger partial charge is 0.160 e. The molecule has 0 aliphatic rings. The van der Waals surface area contributed by atoms with Crippen LogP contribution in [0.1, 0.15) is 58.3 Å². The van der Waals surface area contributed by atoms with Gasteiger partial charge in [0.25, 0.3) is 0 Å². The van der Waals surface area contributed by atoms with Crippen molar-refractivity contribution in [3.63, 3.8) is 0 Å². The molecule has 0 amide bonds. The summed E-state index contributed by atoms with van der Waals surface area (Å²) in [5.74, 6) is 0. The van der Waals surface area contributed by atoms with Crippen LogP contribution in [0.2, 0.25) is 0 Å². The van der Waals surface area contributed by atoms with Crippen LogP contribution in [-0.4, -0.2) is 11.7 Å². The predicted octanol–water partition coefficient (Wildman–Crippen LogP) is 4.66. The molecule has 0 aliphatic heterocycles. The lowest BCUT2D eigenvalue weighted by molar-refractivity contribution is 0.348. The number of rotatable bonds is 10. The van der Waals surface area contributed by atoms with Gasteiger partial charge in [0, 0.05) is 6.42 Å². The zero-order valence-corrected chi connectivity index (χ0v) is 10.8. The molecule has 0 rings (SSSR count). The van der Waals surface area contributed by atoms with Crippen LogP contribution < -0.4 is 0 Å². The van der Waals surface area contributed by atoms with Crippen LogP contribution in [-0.2, 0) is 4.74 Å². The summed E-state index contributed by atoms with van der Waals surface area (Å²) < 4.78 is 5.25. The van der Waals surface area contributed by atoms with Gasteiger partial charge in [-0.15, -0.1) is 0 Å². The van der Waals surface area contributed by atoms with E-state index < -0.39 is 0 Å². The third kappa shape index (κ3) is 11.6. The number of hydrogen-bond donors (Lipinski definition) is 0. The Kier molecular flexibility index (Phi) is 11.4. The molecule has 0 aliphatic carbocycles. The second kappa shape index (κ2) is 11.7. The Morgan fingerprint density at radius 1 is 1.13 bits per heavy atom. The molecule has 0 saturated carbocycles. The molecule has 0 N–H and O–H groups in total. The van der Waals surface area contributed by atoms with Gasteiger partial charge in [-0.05, 0) is 18.6 Å². The lowest BCUT2D eigenvalue weighted by Crippen LogP contribution is -2.01. The van der Waals surface area contributed by atoms with E-state index in [9.17, 15) is 0 Å². The van der Waals surface area contributed by atoms with E-state index in [1.807, 2.05) is 0 Å². The molecule has 2 heteroatoms. The SMILES string of the molecule is C=CCOC(=S)CCCCCCCCC. The molecule has 0 saturated heterocycles. The van der Waals surface area contributed by atoms with Crippen molar-refractivity contribution in [2.75, 3.05) is 6.61 Å². The van der Waals surface area contributed by atoms with E-state index >= 15 is 0 Å². The van der Waals surface area contributed by atoms with E-state index in [-0.39, 0.29) is 0 Å². The molecule has 0 radical (unpaired) electrons. The van der Waals surface area contributed by atoms with Crippen molar-refractivity contribution < 1.29 is 4.74 Å². The normalized spacial score (nSPS) is 9.93. The molecule has 0 fully saturated rings. The largest absolute Gasteiger partial charge is 0.483 e. The molecule has 15 heavy (non-hydrogen) atoms. The molecule has 1 nitrogen and oxygen atoms in total. The van der Waals surface area contributed by atoms with Crippen molar-refractivity contribution in [1.82, 2.24) is 0 Å². The van der Waals surface area contributed by atoms with Crippen LogP contribution >= 0.6 is 12.2 Å². The van der Waals surface area contributed by atoms with Crippen molar-refractivity contribution in [3.05, 3.63) is 12.7 Å². The quantitative estimate of drug-likeness (QED) is 0.305. The zero-order valence-electron chi connectivity index (χ0n) is 9.96. The van der Waals surface area contributed by atoms with Gasteiger partial charge in [-0.2, -0.15) is 0 Å². The second-order valence-electron chi connectivity index (χ2n) is 3.84. The fraction of sp³-hybridized carbons (Fsp3) is 0.769. The molecule has 0 aromatic rings. The van der Waals surface area contributed by atoms with Gasteiger partial charge in [0.05, 0.1) is 0 Å². The highest BCUT2D eigenvalue weighted by Gasteiger charge is 1.96. The van der Waals surface area contributed by atoms with Gasteiger partial charge in [0.1, 0.15) is 6.61 Å². The monoisotopic (exact) mass is 228 g/mol. The third-order valence-corrected chi connectivity index (χ3v) is 2.67. The molecule has 0 unspecified atom stereocenters. The van der Waals surface area contributed by atoms with E-state index in [0.29, 0.717) is 6.61 Å². The lowest BCUT2D eigenvalue weighted by Gasteiger charge is -2.04. The fourth-order valence-corrected chi connectivity index (χ4v) is 1.66. The zero-order chi connectivity index (χ0) is 11.4. The van der Waals surface area contributed by atoms with Crippen LogP contribution in [0.25, 0.3) is 0 Å². The maximum absolute atomic E-state index is 5.25. The predicted molar refractivity (Wildman–Crippen MR) is 71.4 cm³/mol. The average molecular weight is 228 g/mol. The van der Waals surface area contributed by atoms with E-state index in [4.69, 9.17) is 17.0 Å². The van der Waals surface area contributed by atoms with Gasteiger partial charge in [-0.25, -0.2) is 0 Å². The summed E-state index contributed by atoms with van der Waals surface area (Å²) in [7, 11) is 0. The topological polar surface area (TPSA) is 9.23 Å². The summed E-state index contributed by atoms with van der Waals surface area (Å²) in [4.78, 5) is 0.